The van der Waals surface area contributed by atoms with Gasteiger partial charge in [0.15, 0.2) is 0 Å². The van der Waals surface area contributed by atoms with Crippen molar-refractivity contribution in [2.24, 2.45) is 5.92 Å². The Labute approximate surface area is 171 Å². The van der Waals surface area contributed by atoms with Gasteiger partial charge in [-0.2, -0.15) is 0 Å². The van der Waals surface area contributed by atoms with E-state index in [0.29, 0.717) is 30.3 Å². The molecule has 0 bridgehead atoms. The number of nitro benzene ring substituents is 2. The number of rotatable bonds is 5. The molecular formula is C20H20N4O6. The first-order valence-electron chi connectivity index (χ1n) is 9.39. The third-order valence-electron chi connectivity index (χ3n) is 5.05. The van der Waals surface area contributed by atoms with E-state index in [-0.39, 0.29) is 11.5 Å². The zero-order valence-electron chi connectivity index (χ0n) is 16.2. The number of nitrogens with zero attached hydrogens (tertiary/aromatic N) is 3. The van der Waals surface area contributed by atoms with Crippen LogP contribution in [0.4, 0.5) is 17.1 Å². The summed E-state index contributed by atoms with van der Waals surface area (Å²) in [5.41, 5.74) is -0.456. The molecule has 0 aliphatic carbocycles. The first-order chi connectivity index (χ1) is 14.2. The van der Waals surface area contributed by atoms with E-state index in [0.717, 1.165) is 31.0 Å². The van der Waals surface area contributed by atoms with E-state index in [1.54, 1.807) is 29.2 Å². The van der Waals surface area contributed by atoms with Crippen LogP contribution in [-0.4, -0.2) is 39.7 Å². The van der Waals surface area contributed by atoms with E-state index in [4.69, 9.17) is 0 Å². The minimum atomic E-state index is -0.800. The summed E-state index contributed by atoms with van der Waals surface area (Å²) in [6.07, 6.45) is 1.93. The van der Waals surface area contributed by atoms with Gasteiger partial charge in [-0.3, -0.25) is 29.8 Å². The molecule has 30 heavy (non-hydrogen) atoms. The summed E-state index contributed by atoms with van der Waals surface area (Å²) in [6, 6.07) is 9.00. The first kappa shape index (κ1) is 20.9. The molecule has 3 rings (SSSR count). The normalized spacial score (nSPS) is 14.2. The van der Waals surface area contributed by atoms with Gasteiger partial charge in [0, 0.05) is 36.5 Å². The van der Waals surface area contributed by atoms with Gasteiger partial charge in [-0.25, -0.2) is 0 Å². The number of anilines is 1. The van der Waals surface area contributed by atoms with Crippen molar-refractivity contribution in [2.75, 3.05) is 18.4 Å². The lowest BCUT2D eigenvalue weighted by Crippen LogP contribution is -2.37. The van der Waals surface area contributed by atoms with Crippen molar-refractivity contribution >= 4 is 28.9 Å². The van der Waals surface area contributed by atoms with E-state index < -0.39 is 27.1 Å². The largest absolute Gasteiger partial charge is 0.339 e. The highest BCUT2D eigenvalue weighted by atomic mass is 16.6. The van der Waals surface area contributed by atoms with Crippen LogP contribution in [0.25, 0.3) is 0 Å². The molecule has 2 aromatic carbocycles. The number of likely N-dealkylation sites (tertiary alicyclic amines) is 1. The van der Waals surface area contributed by atoms with Gasteiger partial charge in [0.2, 0.25) is 0 Å². The number of carbonyl (C=O) groups excluding carboxylic acids is 2. The quantitative estimate of drug-likeness (QED) is 0.588. The lowest BCUT2D eigenvalue weighted by Gasteiger charge is -2.30. The maximum absolute atomic E-state index is 12.6. The summed E-state index contributed by atoms with van der Waals surface area (Å²) in [7, 11) is 0. The molecule has 1 saturated heterocycles. The van der Waals surface area contributed by atoms with Crippen LogP contribution < -0.4 is 5.32 Å². The molecule has 1 aliphatic heterocycles. The summed E-state index contributed by atoms with van der Waals surface area (Å²) < 4.78 is 0. The van der Waals surface area contributed by atoms with Crippen LogP contribution in [0.15, 0.2) is 42.5 Å². The molecule has 0 radical (unpaired) electrons. The fourth-order valence-corrected chi connectivity index (χ4v) is 3.23. The summed E-state index contributed by atoms with van der Waals surface area (Å²) in [4.78, 5) is 47.2. The Hall–Kier alpha value is -3.82. The number of hydrogen-bond donors (Lipinski definition) is 1. The summed E-state index contributed by atoms with van der Waals surface area (Å²) >= 11 is 0. The molecule has 10 heteroatoms. The van der Waals surface area contributed by atoms with Gasteiger partial charge in [0.05, 0.1) is 21.5 Å². The molecule has 2 amide bonds. The molecule has 1 aliphatic rings. The third-order valence-corrected chi connectivity index (χ3v) is 5.05. The topological polar surface area (TPSA) is 136 Å². The fourth-order valence-electron chi connectivity index (χ4n) is 3.23. The van der Waals surface area contributed by atoms with Crippen molar-refractivity contribution in [3.8, 4) is 0 Å². The van der Waals surface area contributed by atoms with Crippen LogP contribution in [0.2, 0.25) is 0 Å². The van der Waals surface area contributed by atoms with Gasteiger partial charge in [0.1, 0.15) is 0 Å². The highest BCUT2D eigenvalue weighted by molar-refractivity contribution is 6.05. The van der Waals surface area contributed by atoms with Gasteiger partial charge in [-0.05, 0) is 43.0 Å². The minimum absolute atomic E-state index is 0.0749. The van der Waals surface area contributed by atoms with Crippen molar-refractivity contribution in [3.63, 3.8) is 0 Å². The smallest absolute Gasteiger partial charge is 0.277 e. The number of non-ortho nitro benzene ring substituents is 2. The molecule has 0 aromatic heterocycles. The van der Waals surface area contributed by atoms with Crippen molar-refractivity contribution in [3.05, 3.63) is 73.8 Å². The predicted octanol–water partition coefficient (Wildman–Crippen LogP) is 3.63. The summed E-state index contributed by atoms with van der Waals surface area (Å²) in [5.74, 6) is -0.198. The van der Waals surface area contributed by atoms with Crippen molar-refractivity contribution in [2.45, 2.75) is 19.8 Å². The molecular weight excluding hydrogens is 392 g/mol. The average Bonchev–Trinajstić information content (AvgIpc) is 2.74. The molecule has 0 spiro atoms. The van der Waals surface area contributed by atoms with E-state index >= 15 is 0 Å². The molecule has 0 atom stereocenters. The molecule has 1 N–H and O–H groups in total. The predicted molar refractivity (Wildman–Crippen MR) is 108 cm³/mol. The van der Waals surface area contributed by atoms with Gasteiger partial charge >= 0.3 is 0 Å². The maximum Gasteiger partial charge on any atom is 0.277 e. The van der Waals surface area contributed by atoms with Gasteiger partial charge in [-0.1, -0.05) is 6.92 Å². The number of piperidine rings is 1. The lowest BCUT2D eigenvalue weighted by atomic mass is 9.98. The molecule has 2 aromatic rings. The fraction of sp³-hybridized carbons (Fsp3) is 0.300. The monoisotopic (exact) mass is 412 g/mol. The molecule has 0 unspecified atom stereocenters. The molecule has 1 fully saturated rings. The second-order valence-electron chi connectivity index (χ2n) is 7.26. The zero-order chi connectivity index (χ0) is 21.8. The van der Waals surface area contributed by atoms with Crippen molar-refractivity contribution in [1.29, 1.82) is 0 Å². The van der Waals surface area contributed by atoms with Crippen LogP contribution in [0.5, 0.6) is 0 Å². The van der Waals surface area contributed by atoms with E-state index in [1.807, 2.05) is 0 Å². The minimum Gasteiger partial charge on any atom is -0.339 e. The number of carbonyl (C=O) groups is 2. The van der Waals surface area contributed by atoms with Crippen LogP contribution in [0.1, 0.15) is 40.5 Å². The number of amides is 2. The Morgan fingerprint density at radius 3 is 1.97 bits per heavy atom. The standard InChI is InChI=1S/C20H20N4O6/c1-13-6-8-22(9-7-13)20(26)14-2-4-16(5-3-14)21-19(25)15-10-17(23(27)28)12-18(11-15)24(29)30/h2-5,10-13H,6-9H2,1H3,(H,21,25). The molecule has 10 nitrogen and oxygen atoms in total. The average molecular weight is 412 g/mol. The number of nitrogens with one attached hydrogen (secondary N) is 1. The summed E-state index contributed by atoms with van der Waals surface area (Å²) in [6.45, 7) is 3.59. The summed E-state index contributed by atoms with van der Waals surface area (Å²) in [5, 5.41) is 24.5. The van der Waals surface area contributed by atoms with Crippen molar-refractivity contribution < 1.29 is 19.4 Å². The van der Waals surface area contributed by atoms with Crippen LogP contribution in [0, 0.1) is 26.1 Å². The van der Waals surface area contributed by atoms with Crippen molar-refractivity contribution in [1.82, 2.24) is 4.90 Å². The zero-order valence-corrected chi connectivity index (χ0v) is 16.2. The second kappa shape index (κ2) is 8.68. The Balaban J connectivity index is 1.72. The van der Waals surface area contributed by atoms with Gasteiger partial charge in [0.25, 0.3) is 23.2 Å². The number of hydrogen-bond acceptors (Lipinski definition) is 6. The lowest BCUT2D eigenvalue weighted by molar-refractivity contribution is -0.394. The highest BCUT2D eigenvalue weighted by Crippen LogP contribution is 2.24. The third kappa shape index (κ3) is 4.77. The number of benzene rings is 2. The Morgan fingerprint density at radius 2 is 1.47 bits per heavy atom. The Morgan fingerprint density at radius 1 is 0.933 bits per heavy atom. The second-order valence-corrected chi connectivity index (χ2v) is 7.26. The van der Waals surface area contributed by atoms with Crippen LogP contribution in [-0.2, 0) is 0 Å². The molecule has 156 valence electrons. The first-order valence-corrected chi connectivity index (χ1v) is 9.39. The molecule has 1 heterocycles. The maximum atomic E-state index is 12.6. The van der Waals surface area contributed by atoms with E-state index in [1.165, 1.54) is 0 Å². The Kier molecular flexibility index (Phi) is 6.05. The highest BCUT2D eigenvalue weighted by Gasteiger charge is 2.22. The van der Waals surface area contributed by atoms with Gasteiger partial charge < -0.3 is 10.2 Å². The number of nitro groups is 2. The van der Waals surface area contributed by atoms with E-state index in [2.05, 4.69) is 12.2 Å². The van der Waals surface area contributed by atoms with Crippen LogP contribution >= 0.6 is 0 Å². The molecule has 0 saturated carbocycles. The SMILES string of the molecule is CC1CCN(C(=O)c2ccc(NC(=O)c3cc([N+](=O)[O-])cc([N+](=O)[O-])c3)cc2)CC1. The van der Waals surface area contributed by atoms with Gasteiger partial charge in [-0.15, -0.1) is 0 Å². The Bertz CT molecular complexity index is 965. The van der Waals surface area contributed by atoms with Crippen LogP contribution in [0.3, 0.4) is 0 Å². The van der Waals surface area contributed by atoms with E-state index in [9.17, 15) is 29.8 Å².